The van der Waals surface area contributed by atoms with E-state index in [4.69, 9.17) is 5.73 Å². The summed E-state index contributed by atoms with van der Waals surface area (Å²) in [5.41, 5.74) is 7.31. The van der Waals surface area contributed by atoms with Crippen molar-refractivity contribution < 1.29 is 12.8 Å². The van der Waals surface area contributed by atoms with Crippen LogP contribution in [0.15, 0.2) is 18.2 Å². The highest BCUT2D eigenvalue weighted by Crippen LogP contribution is 2.20. The maximum Gasteiger partial charge on any atom is 0.150 e. The molecule has 0 radical (unpaired) electrons. The quantitative estimate of drug-likeness (QED) is 0.865. The predicted octanol–water partition coefficient (Wildman–Crippen LogP) is 2.35. The van der Waals surface area contributed by atoms with Gasteiger partial charge in [0.25, 0.3) is 0 Å². The third-order valence-corrected chi connectivity index (χ3v) is 4.75. The van der Waals surface area contributed by atoms with Gasteiger partial charge in [0.05, 0.1) is 5.75 Å². The minimum absolute atomic E-state index is 0.116. The van der Waals surface area contributed by atoms with Gasteiger partial charge in [-0.1, -0.05) is 24.6 Å². The van der Waals surface area contributed by atoms with Gasteiger partial charge in [-0.2, -0.15) is 0 Å². The van der Waals surface area contributed by atoms with Gasteiger partial charge in [-0.25, -0.2) is 12.8 Å². The zero-order valence-corrected chi connectivity index (χ0v) is 11.6. The number of nitrogens with two attached hydrogens (primary N) is 1. The summed E-state index contributed by atoms with van der Waals surface area (Å²) in [7, 11) is -2.96. The van der Waals surface area contributed by atoms with Crippen molar-refractivity contribution in [3.05, 3.63) is 35.1 Å². The molecule has 1 unspecified atom stereocenters. The lowest BCUT2D eigenvalue weighted by molar-refractivity contribution is 0.554. The van der Waals surface area contributed by atoms with E-state index in [0.717, 1.165) is 5.56 Å². The Morgan fingerprint density at radius 2 is 2.06 bits per heavy atom. The van der Waals surface area contributed by atoms with E-state index in [1.807, 2.05) is 6.92 Å². The number of halogens is 1. The fourth-order valence-electron chi connectivity index (χ4n) is 1.77. The molecule has 0 saturated heterocycles. The lowest BCUT2D eigenvalue weighted by atomic mass is 10.0. The molecule has 1 atom stereocenters. The SMILES string of the molecule is CCS(=O)(=O)CCCC(N)c1cc(C)ccc1F. The second kappa shape index (κ2) is 6.29. The molecule has 5 heteroatoms. The van der Waals surface area contributed by atoms with Gasteiger partial charge in [0.2, 0.25) is 0 Å². The highest BCUT2D eigenvalue weighted by atomic mass is 32.2. The second-order valence-electron chi connectivity index (χ2n) is 4.51. The molecule has 3 nitrogen and oxygen atoms in total. The first-order valence-corrected chi connectivity index (χ1v) is 7.90. The van der Waals surface area contributed by atoms with Crippen LogP contribution in [0.2, 0.25) is 0 Å². The summed E-state index contributed by atoms with van der Waals surface area (Å²) in [4.78, 5) is 0. The van der Waals surface area contributed by atoms with E-state index in [2.05, 4.69) is 0 Å². The number of aryl methyl sites for hydroxylation is 1. The third kappa shape index (κ3) is 4.38. The molecular formula is C13H20FNO2S. The first-order chi connectivity index (χ1) is 8.35. The van der Waals surface area contributed by atoms with Gasteiger partial charge >= 0.3 is 0 Å². The number of rotatable bonds is 6. The fraction of sp³-hybridized carbons (Fsp3) is 0.538. The molecule has 0 aliphatic rings. The summed E-state index contributed by atoms with van der Waals surface area (Å²) in [5, 5.41) is 0. The summed E-state index contributed by atoms with van der Waals surface area (Å²) < 4.78 is 36.2. The van der Waals surface area contributed by atoms with E-state index in [-0.39, 0.29) is 17.3 Å². The monoisotopic (exact) mass is 273 g/mol. The normalized spacial score (nSPS) is 13.6. The van der Waals surface area contributed by atoms with Crippen molar-refractivity contribution in [2.45, 2.75) is 32.7 Å². The van der Waals surface area contributed by atoms with Crippen molar-refractivity contribution in [3.63, 3.8) is 0 Å². The molecular weight excluding hydrogens is 253 g/mol. The lowest BCUT2D eigenvalue weighted by Crippen LogP contribution is -2.15. The van der Waals surface area contributed by atoms with Crippen LogP contribution < -0.4 is 5.73 Å². The van der Waals surface area contributed by atoms with Gasteiger partial charge < -0.3 is 5.73 Å². The molecule has 0 spiro atoms. The molecule has 0 aliphatic heterocycles. The van der Waals surface area contributed by atoms with Crippen LogP contribution in [0.5, 0.6) is 0 Å². The molecule has 0 aromatic heterocycles. The molecule has 0 amide bonds. The fourth-order valence-corrected chi connectivity index (χ4v) is 2.67. The maximum atomic E-state index is 13.5. The van der Waals surface area contributed by atoms with Crippen molar-refractivity contribution in [1.82, 2.24) is 0 Å². The van der Waals surface area contributed by atoms with Gasteiger partial charge in [0.15, 0.2) is 0 Å². The average molecular weight is 273 g/mol. The molecule has 0 saturated carbocycles. The highest BCUT2D eigenvalue weighted by Gasteiger charge is 2.13. The first-order valence-electron chi connectivity index (χ1n) is 6.08. The smallest absolute Gasteiger partial charge is 0.150 e. The van der Waals surface area contributed by atoms with E-state index >= 15 is 0 Å². The van der Waals surface area contributed by atoms with Crippen LogP contribution in [0.1, 0.15) is 36.9 Å². The third-order valence-electron chi connectivity index (χ3n) is 2.96. The summed E-state index contributed by atoms with van der Waals surface area (Å²) >= 11 is 0. The molecule has 2 N–H and O–H groups in total. The average Bonchev–Trinajstić information content (AvgIpc) is 2.32. The Kier molecular flexibility index (Phi) is 5.28. The molecule has 0 aliphatic carbocycles. The van der Waals surface area contributed by atoms with E-state index in [1.165, 1.54) is 6.07 Å². The van der Waals surface area contributed by atoms with Crippen LogP contribution in [-0.2, 0) is 9.84 Å². The lowest BCUT2D eigenvalue weighted by Gasteiger charge is -2.13. The predicted molar refractivity (Wildman–Crippen MR) is 71.6 cm³/mol. The van der Waals surface area contributed by atoms with Crippen LogP contribution in [0, 0.1) is 12.7 Å². The zero-order valence-electron chi connectivity index (χ0n) is 10.8. The van der Waals surface area contributed by atoms with Crippen molar-refractivity contribution in [2.75, 3.05) is 11.5 Å². The molecule has 1 aromatic rings. The topological polar surface area (TPSA) is 60.2 Å². The number of hydrogen-bond acceptors (Lipinski definition) is 3. The van der Waals surface area contributed by atoms with Crippen LogP contribution in [-0.4, -0.2) is 19.9 Å². The Balaban J connectivity index is 2.61. The highest BCUT2D eigenvalue weighted by molar-refractivity contribution is 7.91. The van der Waals surface area contributed by atoms with Crippen molar-refractivity contribution >= 4 is 9.84 Å². The van der Waals surface area contributed by atoms with Gasteiger partial charge in [-0.3, -0.25) is 0 Å². The van der Waals surface area contributed by atoms with Gasteiger partial charge in [-0.05, 0) is 25.8 Å². The van der Waals surface area contributed by atoms with Crippen molar-refractivity contribution in [3.8, 4) is 0 Å². The van der Waals surface area contributed by atoms with Crippen LogP contribution in [0.25, 0.3) is 0 Å². The Morgan fingerprint density at radius 1 is 1.39 bits per heavy atom. The minimum Gasteiger partial charge on any atom is -0.324 e. The summed E-state index contributed by atoms with van der Waals surface area (Å²) in [6.07, 6.45) is 0.935. The number of benzene rings is 1. The molecule has 102 valence electrons. The second-order valence-corrected chi connectivity index (χ2v) is 6.98. The number of hydrogen-bond donors (Lipinski definition) is 1. The molecule has 1 rings (SSSR count). The van der Waals surface area contributed by atoms with Gasteiger partial charge in [-0.15, -0.1) is 0 Å². The number of sulfone groups is 1. The standard InChI is InChI=1S/C13H20FNO2S/c1-3-18(16,17)8-4-5-13(15)11-9-10(2)6-7-12(11)14/h6-7,9,13H,3-5,8,15H2,1-2H3. The Morgan fingerprint density at radius 3 is 2.67 bits per heavy atom. The van der Waals surface area contributed by atoms with Crippen molar-refractivity contribution in [2.24, 2.45) is 5.73 Å². The Bertz CT molecular complexity index is 500. The van der Waals surface area contributed by atoms with E-state index in [9.17, 15) is 12.8 Å². The van der Waals surface area contributed by atoms with Gasteiger partial charge in [0, 0.05) is 17.4 Å². The molecule has 0 bridgehead atoms. The van der Waals surface area contributed by atoms with Crippen LogP contribution >= 0.6 is 0 Å². The van der Waals surface area contributed by atoms with Crippen LogP contribution in [0.3, 0.4) is 0 Å². The summed E-state index contributed by atoms with van der Waals surface area (Å²) in [6, 6.07) is 4.35. The van der Waals surface area contributed by atoms with E-state index in [1.54, 1.807) is 19.1 Å². The summed E-state index contributed by atoms with van der Waals surface area (Å²) in [5.74, 6) is -0.0717. The first kappa shape index (κ1) is 15.1. The maximum absolute atomic E-state index is 13.5. The molecule has 1 aromatic carbocycles. The van der Waals surface area contributed by atoms with Crippen molar-refractivity contribution in [1.29, 1.82) is 0 Å². The van der Waals surface area contributed by atoms with Gasteiger partial charge in [0.1, 0.15) is 15.7 Å². The summed E-state index contributed by atoms with van der Waals surface area (Å²) in [6.45, 7) is 3.49. The van der Waals surface area contributed by atoms with Crippen LogP contribution in [0.4, 0.5) is 4.39 Å². The Hall–Kier alpha value is -0.940. The van der Waals surface area contributed by atoms with E-state index < -0.39 is 15.9 Å². The largest absolute Gasteiger partial charge is 0.324 e. The zero-order chi connectivity index (χ0) is 13.8. The molecule has 18 heavy (non-hydrogen) atoms. The molecule has 0 heterocycles. The molecule has 0 fully saturated rings. The van der Waals surface area contributed by atoms with E-state index in [0.29, 0.717) is 18.4 Å². The Labute approximate surface area is 108 Å². The minimum atomic E-state index is -2.96.